The Morgan fingerprint density at radius 1 is 1.28 bits per heavy atom. The van der Waals surface area contributed by atoms with Crippen molar-refractivity contribution in [1.29, 1.82) is 0 Å². The molecule has 2 heterocycles. The van der Waals surface area contributed by atoms with Crippen LogP contribution in [0.15, 0.2) is 41.2 Å². The third-order valence-corrected chi connectivity index (χ3v) is 4.95. The number of hydrogen-bond donors (Lipinski definition) is 1. The zero-order valence-corrected chi connectivity index (χ0v) is 14.3. The van der Waals surface area contributed by atoms with Gasteiger partial charge in [-0.1, -0.05) is 17.3 Å². The quantitative estimate of drug-likeness (QED) is 0.793. The zero-order valence-electron chi connectivity index (χ0n) is 14.3. The maximum atomic E-state index is 12.4. The fourth-order valence-electron chi connectivity index (χ4n) is 3.61. The Labute approximate surface area is 146 Å². The van der Waals surface area contributed by atoms with Gasteiger partial charge in [0.15, 0.2) is 5.58 Å². The van der Waals surface area contributed by atoms with E-state index in [9.17, 15) is 4.79 Å². The number of aromatic nitrogens is 3. The molecule has 130 valence electrons. The highest BCUT2D eigenvalue weighted by Crippen LogP contribution is 2.28. The van der Waals surface area contributed by atoms with Crippen molar-refractivity contribution in [2.75, 3.05) is 0 Å². The highest BCUT2D eigenvalue weighted by Gasteiger charge is 2.24. The number of carbonyl (C=O) groups excluding carboxylic acids is 1. The van der Waals surface area contributed by atoms with E-state index in [2.05, 4.69) is 33.4 Å². The lowest BCUT2D eigenvalue weighted by molar-refractivity contribution is -0.121. The van der Waals surface area contributed by atoms with Gasteiger partial charge >= 0.3 is 0 Å². The first-order chi connectivity index (χ1) is 12.2. The van der Waals surface area contributed by atoms with Crippen LogP contribution < -0.4 is 5.32 Å². The molecule has 3 aromatic rings. The van der Waals surface area contributed by atoms with Crippen LogP contribution in [0.2, 0.25) is 0 Å². The van der Waals surface area contributed by atoms with E-state index in [0.717, 1.165) is 36.7 Å². The summed E-state index contributed by atoms with van der Waals surface area (Å²) in [4.78, 5) is 12.4. The van der Waals surface area contributed by atoms with E-state index >= 15 is 0 Å². The molecule has 0 radical (unpaired) electrons. The number of carbonyl (C=O) groups is 1. The zero-order chi connectivity index (χ0) is 17.2. The third kappa shape index (κ3) is 3.43. The summed E-state index contributed by atoms with van der Waals surface area (Å²) in [7, 11) is 0. The molecule has 1 aliphatic rings. The molecule has 0 aliphatic heterocycles. The van der Waals surface area contributed by atoms with E-state index < -0.39 is 0 Å². The Hall–Kier alpha value is -2.63. The number of nitrogens with zero attached hydrogens (tertiary/aromatic N) is 3. The van der Waals surface area contributed by atoms with Gasteiger partial charge in [0.1, 0.15) is 5.69 Å². The van der Waals surface area contributed by atoms with Crippen LogP contribution in [0, 0.1) is 6.92 Å². The Bertz CT molecular complexity index is 874. The molecule has 1 amide bonds. The van der Waals surface area contributed by atoms with E-state index in [1.165, 1.54) is 5.56 Å². The Morgan fingerprint density at radius 2 is 2.08 bits per heavy atom. The highest BCUT2D eigenvalue weighted by molar-refractivity contribution is 5.86. The van der Waals surface area contributed by atoms with E-state index in [0.29, 0.717) is 11.7 Å². The predicted octanol–water partition coefficient (Wildman–Crippen LogP) is 3.18. The molecule has 1 N–H and O–H groups in total. The molecule has 6 heteroatoms. The van der Waals surface area contributed by atoms with Gasteiger partial charge in [0.2, 0.25) is 5.91 Å². The second-order valence-corrected chi connectivity index (χ2v) is 6.87. The minimum absolute atomic E-state index is 0.0115. The van der Waals surface area contributed by atoms with Gasteiger partial charge in [-0.25, -0.2) is 0 Å². The highest BCUT2D eigenvalue weighted by atomic mass is 16.5. The van der Waals surface area contributed by atoms with Gasteiger partial charge in [0.05, 0.1) is 18.7 Å². The SMILES string of the molecule is Cc1cnn(C2CCC(NC(=O)Cc3noc4ccccc34)CC2)c1. The Balaban J connectivity index is 1.32. The van der Waals surface area contributed by atoms with Crippen molar-refractivity contribution < 1.29 is 9.32 Å². The smallest absolute Gasteiger partial charge is 0.226 e. The van der Waals surface area contributed by atoms with Crippen LogP contribution in [0.4, 0.5) is 0 Å². The van der Waals surface area contributed by atoms with Crippen LogP contribution in [0.1, 0.15) is 43.0 Å². The second-order valence-electron chi connectivity index (χ2n) is 6.87. The maximum absolute atomic E-state index is 12.4. The van der Waals surface area contributed by atoms with Gasteiger partial charge in [0, 0.05) is 17.6 Å². The number of fused-ring (bicyclic) bond motifs is 1. The first kappa shape index (κ1) is 15.9. The summed E-state index contributed by atoms with van der Waals surface area (Å²) in [6.07, 6.45) is 8.30. The van der Waals surface area contributed by atoms with Gasteiger partial charge in [0.25, 0.3) is 0 Å². The molecule has 4 rings (SSSR count). The number of nitrogens with one attached hydrogen (secondary N) is 1. The van der Waals surface area contributed by atoms with Crippen molar-refractivity contribution in [1.82, 2.24) is 20.3 Å². The van der Waals surface area contributed by atoms with Crippen molar-refractivity contribution in [2.24, 2.45) is 0 Å². The molecule has 1 aliphatic carbocycles. The van der Waals surface area contributed by atoms with Crippen LogP contribution in [-0.2, 0) is 11.2 Å². The summed E-state index contributed by atoms with van der Waals surface area (Å²) in [6, 6.07) is 8.31. The number of amides is 1. The fourth-order valence-corrected chi connectivity index (χ4v) is 3.61. The summed E-state index contributed by atoms with van der Waals surface area (Å²) < 4.78 is 7.33. The van der Waals surface area contributed by atoms with Crippen molar-refractivity contribution in [3.63, 3.8) is 0 Å². The summed E-state index contributed by atoms with van der Waals surface area (Å²) in [6.45, 7) is 2.06. The molecule has 25 heavy (non-hydrogen) atoms. The number of rotatable bonds is 4. The average molecular weight is 338 g/mol. The molecule has 0 saturated heterocycles. The van der Waals surface area contributed by atoms with Gasteiger partial charge in [-0.05, 0) is 50.3 Å². The standard InChI is InChI=1S/C19H22N4O2/c1-13-11-20-23(12-13)15-8-6-14(7-9-15)21-19(24)10-17-16-4-2-3-5-18(16)25-22-17/h2-5,11-12,14-15H,6-10H2,1H3,(H,21,24). The lowest BCUT2D eigenvalue weighted by atomic mass is 9.91. The molecule has 1 saturated carbocycles. The normalized spacial score (nSPS) is 20.7. The lowest BCUT2D eigenvalue weighted by Crippen LogP contribution is -2.38. The lowest BCUT2D eigenvalue weighted by Gasteiger charge is -2.29. The molecular weight excluding hydrogens is 316 g/mol. The van der Waals surface area contributed by atoms with Gasteiger partial charge in [-0.3, -0.25) is 9.48 Å². The molecule has 0 spiro atoms. The van der Waals surface area contributed by atoms with Crippen LogP contribution in [0.5, 0.6) is 0 Å². The summed E-state index contributed by atoms with van der Waals surface area (Å²) in [5.41, 5.74) is 2.62. The number of hydrogen-bond acceptors (Lipinski definition) is 4. The molecule has 0 unspecified atom stereocenters. The Morgan fingerprint density at radius 3 is 2.84 bits per heavy atom. The predicted molar refractivity (Wildman–Crippen MR) is 94.1 cm³/mol. The van der Waals surface area contributed by atoms with Crippen LogP contribution in [0.3, 0.4) is 0 Å². The summed E-state index contributed by atoms with van der Waals surface area (Å²) >= 11 is 0. The van der Waals surface area contributed by atoms with Crippen LogP contribution in [0.25, 0.3) is 11.0 Å². The Kier molecular flexibility index (Phi) is 4.26. The second kappa shape index (κ2) is 6.70. The maximum Gasteiger partial charge on any atom is 0.226 e. The molecule has 0 atom stereocenters. The molecule has 6 nitrogen and oxygen atoms in total. The fraction of sp³-hybridized carbons (Fsp3) is 0.421. The van der Waals surface area contributed by atoms with Crippen molar-refractivity contribution in [3.05, 3.63) is 47.9 Å². The first-order valence-electron chi connectivity index (χ1n) is 8.82. The van der Waals surface area contributed by atoms with Crippen molar-refractivity contribution >= 4 is 16.9 Å². The molecular formula is C19H22N4O2. The first-order valence-corrected chi connectivity index (χ1v) is 8.82. The average Bonchev–Trinajstić information content (AvgIpc) is 3.22. The van der Waals surface area contributed by atoms with E-state index in [-0.39, 0.29) is 18.4 Å². The topological polar surface area (TPSA) is 73.0 Å². The van der Waals surface area contributed by atoms with E-state index in [1.54, 1.807) is 0 Å². The minimum Gasteiger partial charge on any atom is -0.356 e. The largest absolute Gasteiger partial charge is 0.356 e. The molecule has 2 aromatic heterocycles. The van der Waals surface area contributed by atoms with Crippen molar-refractivity contribution in [2.45, 2.75) is 51.1 Å². The van der Waals surface area contributed by atoms with Gasteiger partial charge in [-0.2, -0.15) is 5.10 Å². The third-order valence-electron chi connectivity index (χ3n) is 4.95. The number of para-hydroxylation sites is 1. The summed E-state index contributed by atoms with van der Waals surface area (Å²) in [5, 5.41) is 12.5. The molecule has 1 fully saturated rings. The van der Waals surface area contributed by atoms with Crippen LogP contribution in [-0.4, -0.2) is 26.9 Å². The number of benzene rings is 1. The van der Waals surface area contributed by atoms with Crippen molar-refractivity contribution in [3.8, 4) is 0 Å². The van der Waals surface area contributed by atoms with E-state index in [1.807, 2.05) is 30.5 Å². The van der Waals surface area contributed by atoms with Gasteiger partial charge < -0.3 is 9.84 Å². The monoisotopic (exact) mass is 338 g/mol. The molecule has 1 aromatic carbocycles. The van der Waals surface area contributed by atoms with E-state index in [4.69, 9.17) is 4.52 Å². The van der Waals surface area contributed by atoms with Gasteiger partial charge in [-0.15, -0.1) is 0 Å². The number of aryl methyl sites for hydroxylation is 1. The summed E-state index contributed by atoms with van der Waals surface area (Å²) in [5.74, 6) is 0.0115. The minimum atomic E-state index is 0.0115. The van der Waals surface area contributed by atoms with Crippen LogP contribution >= 0.6 is 0 Å². The molecule has 0 bridgehead atoms.